The number of hydrogen-bond donors (Lipinski definition) is 0. The molecule has 0 amide bonds. The minimum absolute atomic E-state index is 0.0224. The first-order chi connectivity index (χ1) is 15.5. The van der Waals surface area contributed by atoms with Crippen LogP contribution in [0.25, 0.3) is 10.8 Å². The summed E-state index contributed by atoms with van der Waals surface area (Å²) in [5.41, 5.74) is 1.88. The number of aryl methyl sites for hydroxylation is 2. The normalized spacial score (nSPS) is 18.6. The number of benzene rings is 3. The van der Waals surface area contributed by atoms with Gasteiger partial charge in [-0.2, -0.15) is 5.26 Å². The Labute approximate surface area is 187 Å². The van der Waals surface area contributed by atoms with Crippen LogP contribution in [0.3, 0.4) is 0 Å². The minimum Gasteiger partial charge on any atom is -0.207 e. The first-order valence-electron chi connectivity index (χ1n) is 11.6. The molecule has 1 nitrogen and oxygen atoms in total. The minimum atomic E-state index is -0.514. The van der Waals surface area contributed by atoms with Crippen molar-refractivity contribution in [1.29, 1.82) is 5.26 Å². The second kappa shape index (κ2) is 9.77. The van der Waals surface area contributed by atoms with Crippen LogP contribution in [0.5, 0.6) is 0 Å². The van der Waals surface area contributed by atoms with Crippen molar-refractivity contribution in [1.82, 2.24) is 0 Å². The predicted octanol–water partition coefficient (Wildman–Crippen LogP) is 7.99. The highest BCUT2D eigenvalue weighted by molar-refractivity contribution is 5.85. The third-order valence-corrected chi connectivity index (χ3v) is 6.93. The van der Waals surface area contributed by atoms with Crippen LogP contribution in [-0.4, -0.2) is 0 Å². The van der Waals surface area contributed by atoms with Crippen LogP contribution >= 0.6 is 0 Å². The average Bonchev–Trinajstić information content (AvgIpc) is 2.79. The molecule has 3 aromatic carbocycles. The van der Waals surface area contributed by atoms with Gasteiger partial charge < -0.3 is 0 Å². The summed E-state index contributed by atoms with van der Waals surface area (Å²) in [7, 11) is 0. The summed E-state index contributed by atoms with van der Waals surface area (Å²) in [6, 6.07) is 13.4. The van der Waals surface area contributed by atoms with Gasteiger partial charge in [-0.05, 0) is 85.1 Å². The van der Waals surface area contributed by atoms with E-state index in [1.54, 1.807) is 12.1 Å². The van der Waals surface area contributed by atoms with E-state index in [0.29, 0.717) is 35.1 Å². The van der Waals surface area contributed by atoms with E-state index in [9.17, 15) is 13.2 Å². The number of hydrogen-bond acceptors (Lipinski definition) is 1. The van der Waals surface area contributed by atoms with E-state index in [1.807, 2.05) is 18.2 Å². The Balaban J connectivity index is 1.46. The number of halogens is 3. The standard InChI is InChI=1S/C28H28F3N/c1-2-3-18-6-9-21(10-7-18)27-25(29)15-20(16-26(27)30)5-4-19-8-13-24-22(14-19)11-12-23(17-32)28(24)31/h8,11-16,18,21H,2-7,9-10H2,1H3. The van der Waals surface area contributed by atoms with Crippen molar-refractivity contribution < 1.29 is 13.2 Å². The number of nitrogens with zero attached hydrogens (tertiary/aromatic N) is 1. The summed E-state index contributed by atoms with van der Waals surface area (Å²) in [5, 5.41) is 10.1. The first-order valence-corrected chi connectivity index (χ1v) is 11.6. The predicted molar refractivity (Wildman–Crippen MR) is 122 cm³/mol. The number of nitriles is 1. The molecule has 1 fully saturated rings. The van der Waals surface area contributed by atoms with Crippen molar-refractivity contribution in [3.8, 4) is 6.07 Å². The smallest absolute Gasteiger partial charge is 0.148 e. The molecule has 0 atom stereocenters. The molecule has 0 heterocycles. The molecule has 4 heteroatoms. The maximum atomic E-state index is 14.9. The van der Waals surface area contributed by atoms with Gasteiger partial charge in [-0.1, -0.05) is 44.0 Å². The van der Waals surface area contributed by atoms with Crippen molar-refractivity contribution in [3.63, 3.8) is 0 Å². The Morgan fingerprint density at radius 1 is 0.875 bits per heavy atom. The summed E-state index contributed by atoms with van der Waals surface area (Å²) in [4.78, 5) is 0. The zero-order valence-corrected chi connectivity index (χ0v) is 18.4. The van der Waals surface area contributed by atoms with Crippen LogP contribution in [0.2, 0.25) is 0 Å². The van der Waals surface area contributed by atoms with E-state index in [-0.39, 0.29) is 17.0 Å². The Morgan fingerprint density at radius 2 is 1.56 bits per heavy atom. The summed E-state index contributed by atoms with van der Waals surface area (Å²) in [5.74, 6) is -0.693. The molecule has 32 heavy (non-hydrogen) atoms. The fourth-order valence-electron chi connectivity index (χ4n) is 5.19. The van der Waals surface area contributed by atoms with Gasteiger partial charge in [-0.25, -0.2) is 13.2 Å². The number of fused-ring (bicyclic) bond motifs is 1. The zero-order chi connectivity index (χ0) is 22.7. The van der Waals surface area contributed by atoms with Gasteiger partial charge in [-0.15, -0.1) is 0 Å². The van der Waals surface area contributed by atoms with E-state index in [0.717, 1.165) is 31.2 Å². The largest absolute Gasteiger partial charge is 0.207 e. The van der Waals surface area contributed by atoms with Crippen molar-refractivity contribution >= 4 is 10.8 Å². The van der Waals surface area contributed by atoms with Crippen LogP contribution in [0.1, 0.15) is 73.6 Å². The molecule has 3 aromatic rings. The Hall–Kier alpha value is -2.80. The molecule has 4 rings (SSSR count). The van der Waals surface area contributed by atoms with Crippen LogP contribution in [0.15, 0.2) is 42.5 Å². The van der Waals surface area contributed by atoms with Crippen LogP contribution in [-0.2, 0) is 12.8 Å². The number of rotatable bonds is 6. The molecule has 1 saturated carbocycles. The fourth-order valence-corrected chi connectivity index (χ4v) is 5.19. The first kappa shape index (κ1) is 22.4. The van der Waals surface area contributed by atoms with Crippen LogP contribution in [0.4, 0.5) is 13.2 Å². The van der Waals surface area contributed by atoms with Gasteiger partial charge in [0.1, 0.15) is 23.5 Å². The van der Waals surface area contributed by atoms with Crippen molar-refractivity contribution in [2.75, 3.05) is 0 Å². The topological polar surface area (TPSA) is 23.8 Å². The molecule has 0 radical (unpaired) electrons. The molecular formula is C28H28F3N. The quantitative estimate of drug-likeness (QED) is 0.385. The third-order valence-electron chi connectivity index (χ3n) is 6.93. The fraction of sp³-hybridized carbons (Fsp3) is 0.393. The van der Waals surface area contributed by atoms with E-state index in [1.165, 1.54) is 31.0 Å². The van der Waals surface area contributed by atoms with E-state index in [2.05, 4.69) is 6.92 Å². The molecule has 0 N–H and O–H groups in total. The summed E-state index contributed by atoms with van der Waals surface area (Å²) >= 11 is 0. The molecule has 1 aliphatic carbocycles. The van der Waals surface area contributed by atoms with Gasteiger partial charge in [0.25, 0.3) is 0 Å². The molecule has 0 aromatic heterocycles. The monoisotopic (exact) mass is 435 g/mol. The Morgan fingerprint density at radius 3 is 2.22 bits per heavy atom. The lowest BCUT2D eigenvalue weighted by molar-refractivity contribution is 0.300. The maximum absolute atomic E-state index is 14.9. The van der Waals surface area contributed by atoms with E-state index in [4.69, 9.17) is 5.26 Å². The van der Waals surface area contributed by atoms with Gasteiger partial charge >= 0.3 is 0 Å². The highest BCUT2D eigenvalue weighted by Crippen LogP contribution is 2.39. The Kier molecular flexibility index (Phi) is 6.84. The van der Waals surface area contributed by atoms with Gasteiger partial charge in [0, 0.05) is 10.9 Å². The van der Waals surface area contributed by atoms with E-state index >= 15 is 0 Å². The second-order valence-electron chi connectivity index (χ2n) is 9.07. The molecule has 0 bridgehead atoms. The maximum Gasteiger partial charge on any atom is 0.148 e. The Bertz CT molecular complexity index is 1130. The van der Waals surface area contributed by atoms with Gasteiger partial charge in [-0.3, -0.25) is 0 Å². The lowest BCUT2D eigenvalue weighted by atomic mass is 9.77. The van der Waals surface area contributed by atoms with Gasteiger partial charge in [0.2, 0.25) is 0 Å². The molecule has 0 aliphatic heterocycles. The second-order valence-corrected chi connectivity index (χ2v) is 9.07. The van der Waals surface area contributed by atoms with E-state index < -0.39 is 17.5 Å². The van der Waals surface area contributed by atoms with Crippen molar-refractivity contribution in [2.45, 2.75) is 64.2 Å². The lowest BCUT2D eigenvalue weighted by Gasteiger charge is -2.29. The molecule has 166 valence electrons. The van der Waals surface area contributed by atoms with Crippen LogP contribution < -0.4 is 0 Å². The molecule has 1 aliphatic rings. The van der Waals surface area contributed by atoms with Gasteiger partial charge in [0.15, 0.2) is 0 Å². The summed E-state index contributed by atoms with van der Waals surface area (Å²) in [6.45, 7) is 2.19. The molecular weight excluding hydrogens is 407 g/mol. The average molecular weight is 436 g/mol. The van der Waals surface area contributed by atoms with Crippen molar-refractivity contribution in [3.05, 3.63) is 82.2 Å². The van der Waals surface area contributed by atoms with Crippen LogP contribution in [0, 0.1) is 34.7 Å². The molecule has 0 spiro atoms. The lowest BCUT2D eigenvalue weighted by Crippen LogP contribution is -2.15. The SMILES string of the molecule is CCCC1CCC(c2c(F)cc(CCc3ccc4c(F)c(C#N)ccc4c3)cc2F)CC1. The zero-order valence-electron chi connectivity index (χ0n) is 18.4. The van der Waals surface area contributed by atoms with Crippen molar-refractivity contribution in [2.24, 2.45) is 5.92 Å². The molecule has 0 saturated heterocycles. The molecule has 0 unspecified atom stereocenters. The van der Waals surface area contributed by atoms with Gasteiger partial charge in [0.05, 0.1) is 5.56 Å². The summed E-state index contributed by atoms with van der Waals surface area (Å²) in [6.07, 6.45) is 7.30. The highest BCUT2D eigenvalue weighted by Gasteiger charge is 2.26. The summed E-state index contributed by atoms with van der Waals surface area (Å²) < 4.78 is 44.1. The highest BCUT2D eigenvalue weighted by atomic mass is 19.1. The third kappa shape index (κ3) is 4.67.